The van der Waals surface area contributed by atoms with Crippen molar-refractivity contribution in [3.63, 3.8) is 0 Å². The Morgan fingerprint density at radius 2 is 2.06 bits per heavy atom. The number of likely N-dealkylation sites (N-methyl/N-ethyl adjacent to an activating group) is 1. The average Bonchev–Trinajstić information content (AvgIpc) is 2.76. The molecule has 0 spiro atoms. The fourth-order valence-electron chi connectivity index (χ4n) is 2.15. The number of hydrogen-bond acceptors (Lipinski definition) is 3. The third-order valence-corrected chi connectivity index (χ3v) is 3.25. The standard InChI is InChI=1S/C13H24N4O/c1-6-17(7-2)13(18)11(4)15-10(3)12-8-9-14-16(12)5/h8-11,15H,6-7H2,1-5H3. The molecule has 0 aliphatic carbocycles. The summed E-state index contributed by atoms with van der Waals surface area (Å²) < 4.78 is 1.83. The van der Waals surface area contributed by atoms with Crippen LogP contribution in [0.3, 0.4) is 0 Å². The smallest absolute Gasteiger partial charge is 0.239 e. The van der Waals surface area contributed by atoms with Crippen molar-refractivity contribution in [2.75, 3.05) is 13.1 Å². The zero-order valence-electron chi connectivity index (χ0n) is 12.0. The molecule has 0 fully saturated rings. The zero-order valence-corrected chi connectivity index (χ0v) is 12.0. The summed E-state index contributed by atoms with van der Waals surface area (Å²) in [5.74, 6) is 0.147. The number of aryl methyl sites for hydroxylation is 1. The lowest BCUT2D eigenvalue weighted by atomic mass is 10.2. The largest absolute Gasteiger partial charge is 0.342 e. The molecule has 0 saturated carbocycles. The maximum atomic E-state index is 12.1. The van der Waals surface area contributed by atoms with Gasteiger partial charge in [0.15, 0.2) is 0 Å². The van der Waals surface area contributed by atoms with E-state index in [1.54, 1.807) is 6.20 Å². The first kappa shape index (κ1) is 14.7. The number of carbonyl (C=O) groups excluding carboxylic acids is 1. The minimum atomic E-state index is -0.185. The van der Waals surface area contributed by atoms with Gasteiger partial charge in [0.25, 0.3) is 0 Å². The molecule has 0 bridgehead atoms. The van der Waals surface area contributed by atoms with Crippen molar-refractivity contribution in [1.29, 1.82) is 0 Å². The summed E-state index contributed by atoms with van der Waals surface area (Å²) >= 11 is 0. The van der Waals surface area contributed by atoms with Crippen molar-refractivity contribution in [2.45, 2.75) is 39.8 Å². The van der Waals surface area contributed by atoms with E-state index >= 15 is 0 Å². The van der Waals surface area contributed by atoms with Crippen LogP contribution in [0, 0.1) is 0 Å². The van der Waals surface area contributed by atoms with E-state index in [-0.39, 0.29) is 18.0 Å². The van der Waals surface area contributed by atoms with Crippen LogP contribution in [0.25, 0.3) is 0 Å². The van der Waals surface area contributed by atoms with Gasteiger partial charge in [-0.3, -0.25) is 14.8 Å². The summed E-state index contributed by atoms with van der Waals surface area (Å²) in [6.45, 7) is 9.46. The Hall–Kier alpha value is -1.36. The first-order valence-electron chi connectivity index (χ1n) is 6.53. The number of amides is 1. The second kappa shape index (κ2) is 6.54. The highest BCUT2D eigenvalue weighted by atomic mass is 16.2. The molecular weight excluding hydrogens is 228 g/mol. The zero-order chi connectivity index (χ0) is 13.7. The molecule has 0 radical (unpaired) electrons. The molecule has 0 saturated heterocycles. The van der Waals surface area contributed by atoms with Gasteiger partial charge in [-0.2, -0.15) is 5.10 Å². The molecule has 1 N–H and O–H groups in total. The van der Waals surface area contributed by atoms with Crippen molar-refractivity contribution in [1.82, 2.24) is 20.0 Å². The van der Waals surface area contributed by atoms with Gasteiger partial charge < -0.3 is 4.90 Å². The minimum absolute atomic E-state index is 0.104. The molecule has 2 atom stereocenters. The summed E-state index contributed by atoms with van der Waals surface area (Å²) in [5, 5.41) is 7.46. The first-order chi connectivity index (χ1) is 8.51. The summed E-state index contributed by atoms with van der Waals surface area (Å²) in [4.78, 5) is 14.0. The molecule has 1 heterocycles. The molecule has 0 aromatic carbocycles. The second-order valence-electron chi connectivity index (χ2n) is 4.50. The van der Waals surface area contributed by atoms with Gasteiger partial charge in [0, 0.05) is 32.4 Å². The third-order valence-electron chi connectivity index (χ3n) is 3.25. The molecule has 2 unspecified atom stereocenters. The number of nitrogens with one attached hydrogen (secondary N) is 1. The maximum absolute atomic E-state index is 12.1. The molecule has 1 aromatic rings. The van der Waals surface area contributed by atoms with Crippen molar-refractivity contribution >= 4 is 5.91 Å². The van der Waals surface area contributed by atoms with E-state index in [9.17, 15) is 4.79 Å². The molecular formula is C13H24N4O. The molecule has 0 aliphatic heterocycles. The van der Waals surface area contributed by atoms with Crippen LogP contribution < -0.4 is 5.32 Å². The Balaban J connectivity index is 2.62. The van der Waals surface area contributed by atoms with Gasteiger partial charge in [0.05, 0.1) is 11.7 Å². The van der Waals surface area contributed by atoms with E-state index in [0.717, 1.165) is 18.8 Å². The first-order valence-corrected chi connectivity index (χ1v) is 6.53. The molecule has 18 heavy (non-hydrogen) atoms. The number of nitrogens with zero attached hydrogens (tertiary/aromatic N) is 3. The Kier molecular flexibility index (Phi) is 5.34. The van der Waals surface area contributed by atoms with Gasteiger partial charge in [0.2, 0.25) is 5.91 Å². The highest BCUT2D eigenvalue weighted by Gasteiger charge is 2.21. The van der Waals surface area contributed by atoms with Gasteiger partial charge in [-0.15, -0.1) is 0 Å². The van der Waals surface area contributed by atoms with Crippen LogP contribution in [0.4, 0.5) is 0 Å². The summed E-state index contributed by atoms with van der Waals surface area (Å²) in [6, 6.07) is 1.88. The normalized spacial score (nSPS) is 14.3. The Morgan fingerprint density at radius 3 is 2.50 bits per heavy atom. The van der Waals surface area contributed by atoms with Crippen molar-refractivity contribution < 1.29 is 4.79 Å². The van der Waals surface area contributed by atoms with Crippen molar-refractivity contribution in [3.8, 4) is 0 Å². The van der Waals surface area contributed by atoms with Crippen molar-refractivity contribution in [3.05, 3.63) is 18.0 Å². The molecule has 5 heteroatoms. The summed E-state index contributed by atoms with van der Waals surface area (Å²) in [6.07, 6.45) is 1.77. The number of aromatic nitrogens is 2. The second-order valence-corrected chi connectivity index (χ2v) is 4.50. The minimum Gasteiger partial charge on any atom is -0.342 e. The van der Waals surface area contributed by atoms with Crippen LogP contribution in [0.5, 0.6) is 0 Å². The van der Waals surface area contributed by atoms with E-state index in [4.69, 9.17) is 0 Å². The van der Waals surface area contributed by atoms with Gasteiger partial charge in [0.1, 0.15) is 0 Å². The highest BCUT2D eigenvalue weighted by Crippen LogP contribution is 2.11. The van der Waals surface area contributed by atoms with Gasteiger partial charge in [-0.1, -0.05) is 0 Å². The predicted molar refractivity (Wildman–Crippen MR) is 72.1 cm³/mol. The lowest BCUT2D eigenvalue weighted by Crippen LogP contribution is -2.45. The number of carbonyl (C=O) groups is 1. The number of rotatable bonds is 6. The van der Waals surface area contributed by atoms with E-state index in [1.807, 2.05) is 50.4 Å². The molecule has 102 valence electrons. The van der Waals surface area contributed by atoms with Crippen LogP contribution in [-0.2, 0) is 11.8 Å². The van der Waals surface area contributed by atoms with Gasteiger partial charge in [-0.05, 0) is 33.8 Å². The van der Waals surface area contributed by atoms with Crippen LogP contribution >= 0.6 is 0 Å². The third kappa shape index (κ3) is 3.32. The van der Waals surface area contributed by atoms with Crippen LogP contribution in [-0.4, -0.2) is 39.7 Å². The monoisotopic (exact) mass is 252 g/mol. The van der Waals surface area contributed by atoms with Gasteiger partial charge in [-0.25, -0.2) is 0 Å². The fraction of sp³-hybridized carbons (Fsp3) is 0.692. The Bertz CT molecular complexity index is 384. The summed E-state index contributed by atoms with van der Waals surface area (Å²) in [7, 11) is 1.91. The molecule has 1 aromatic heterocycles. The Morgan fingerprint density at radius 1 is 1.44 bits per heavy atom. The van der Waals surface area contributed by atoms with E-state index < -0.39 is 0 Å². The highest BCUT2D eigenvalue weighted by molar-refractivity contribution is 5.81. The fourth-order valence-corrected chi connectivity index (χ4v) is 2.15. The Labute approximate surface area is 109 Å². The molecule has 1 rings (SSSR count). The topological polar surface area (TPSA) is 50.2 Å². The average molecular weight is 252 g/mol. The van der Waals surface area contributed by atoms with E-state index in [1.165, 1.54) is 0 Å². The summed E-state index contributed by atoms with van der Waals surface area (Å²) in [5.41, 5.74) is 1.08. The van der Waals surface area contributed by atoms with Crippen molar-refractivity contribution in [2.24, 2.45) is 7.05 Å². The maximum Gasteiger partial charge on any atom is 0.239 e. The van der Waals surface area contributed by atoms with E-state index in [0.29, 0.717) is 0 Å². The van der Waals surface area contributed by atoms with Crippen LogP contribution in [0.2, 0.25) is 0 Å². The molecule has 1 amide bonds. The van der Waals surface area contributed by atoms with Crippen LogP contribution in [0.1, 0.15) is 39.4 Å². The van der Waals surface area contributed by atoms with Crippen LogP contribution in [0.15, 0.2) is 12.3 Å². The predicted octanol–water partition coefficient (Wildman–Crippen LogP) is 1.33. The SMILES string of the molecule is CCN(CC)C(=O)C(C)NC(C)c1ccnn1C. The van der Waals surface area contributed by atoms with Gasteiger partial charge >= 0.3 is 0 Å². The molecule has 0 aliphatic rings. The lowest BCUT2D eigenvalue weighted by molar-refractivity contribution is -0.132. The quantitative estimate of drug-likeness (QED) is 0.831. The van der Waals surface area contributed by atoms with E-state index in [2.05, 4.69) is 10.4 Å². The molecule has 5 nitrogen and oxygen atoms in total. The lowest BCUT2D eigenvalue weighted by Gasteiger charge is -2.26. The number of hydrogen-bond donors (Lipinski definition) is 1.